The van der Waals surface area contributed by atoms with E-state index in [1.165, 1.54) is 0 Å². The molecule has 1 saturated heterocycles. The topological polar surface area (TPSA) is 41.6 Å². The lowest BCUT2D eigenvalue weighted by molar-refractivity contribution is -0.138. The molecule has 1 aliphatic carbocycles. The number of nitrogens with zero attached hydrogens (tertiary/aromatic N) is 1. The van der Waals surface area contributed by atoms with Gasteiger partial charge in [-0.2, -0.15) is 0 Å². The average Bonchev–Trinajstić information content (AvgIpc) is 3.13. The quantitative estimate of drug-likeness (QED) is 0.633. The zero-order chi connectivity index (χ0) is 17.9. The van der Waals surface area contributed by atoms with E-state index in [1.54, 1.807) is 6.07 Å². The number of halogens is 1. The van der Waals surface area contributed by atoms with E-state index in [0.29, 0.717) is 10.8 Å². The Morgan fingerprint density at radius 2 is 2.00 bits per heavy atom. The van der Waals surface area contributed by atoms with E-state index in [2.05, 4.69) is 24.2 Å². The van der Waals surface area contributed by atoms with E-state index in [-0.39, 0.29) is 17.4 Å². The van der Waals surface area contributed by atoms with Crippen LogP contribution in [-0.2, 0) is 11.3 Å². The van der Waals surface area contributed by atoms with Crippen molar-refractivity contribution >= 4 is 17.6 Å². The van der Waals surface area contributed by atoms with Crippen molar-refractivity contribution in [3.05, 3.63) is 28.8 Å². The van der Waals surface area contributed by atoms with Gasteiger partial charge in [0.25, 0.3) is 0 Å². The van der Waals surface area contributed by atoms with Gasteiger partial charge in [0.15, 0.2) is 5.75 Å². The van der Waals surface area contributed by atoms with Crippen LogP contribution in [0.1, 0.15) is 51.0 Å². The van der Waals surface area contributed by atoms with Crippen molar-refractivity contribution in [3.63, 3.8) is 0 Å². The van der Waals surface area contributed by atoms with Crippen LogP contribution in [0.2, 0.25) is 5.02 Å². The number of hydrogen-bond donors (Lipinski definition) is 1. The molecule has 0 aromatic heterocycles. The minimum Gasteiger partial charge on any atom is -0.424 e. The normalized spacial score (nSPS) is 20.8. The molecule has 138 valence electrons. The van der Waals surface area contributed by atoms with Crippen LogP contribution in [0.25, 0.3) is 0 Å². The molecule has 1 heterocycles. The van der Waals surface area contributed by atoms with E-state index >= 15 is 0 Å². The first-order valence-electron chi connectivity index (χ1n) is 9.41. The maximum Gasteiger partial charge on any atom is 0.314 e. The molecule has 25 heavy (non-hydrogen) atoms. The third-order valence-electron chi connectivity index (χ3n) is 5.95. The molecule has 0 amide bonds. The molecule has 4 nitrogen and oxygen atoms in total. The lowest BCUT2D eigenvalue weighted by Gasteiger charge is -2.42. The maximum atomic E-state index is 12.5. The Morgan fingerprint density at radius 1 is 1.32 bits per heavy atom. The Balaban J connectivity index is 1.74. The number of esters is 1. The monoisotopic (exact) mass is 364 g/mol. The third-order valence-corrected chi connectivity index (χ3v) is 6.25. The number of rotatable bonds is 5. The molecule has 1 aromatic rings. The van der Waals surface area contributed by atoms with Gasteiger partial charge in [0.1, 0.15) is 0 Å². The summed E-state index contributed by atoms with van der Waals surface area (Å²) in [4.78, 5) is 14.8. The second-order valence-corrected chi connectivity index (χ2v) is 8.14. The molecule has 1 aromatic carbocycles. The van der Waals surface area contributed by atoms with Crippen LogP contribution in [0.3, 0.4) is 0 Å². The van der Waals surface area contributed by atoms with Crippen molar-refractivity contribution in [2.45, 2.75) is 57.5 Å². The highest BCUT2D eigenvalue weighted by molar-refractivity contribution is 6.32. The first-order chi connectivity index (χ1) is 12.0. The molecule has 5 heteroatoms. The standard InChI is InChI=1S/C20H29ClN2O2/c1-20(10-12-22-13-11-20)23(2)14-16-8-5-9-17(21)18(16)25-19(24)15-6-3-4-7-15/h5,8-9,15,22H,3-4,6-7,10-14H2,1-2H3. The minimum absolute atomic E-state index is 0.0313. The summed E-state index contributed by atoms with van der Waals surface area (Å²) in [5.74, 6) is 0.455. The van der Waals surface area contributed by atoms with Gasteiger partial charge in [-0.05, 0) is 58.8 Å². The Morgan fingerprint density at radius 3 is 2.68 bits per heavy atom. The zero-order valence-corrected chi connectivity index (χ0v) is 16.1. The second kappa shape index (κ2) is 8.07. The summed E-state index contributed by atoms with van der Waals surface area (Å²) in [6.07, 6.45) is 6.32. The average molecular weight is 365 g/mol. The van der Waals surface area contributed by atoms with E-state index in [1.807, 2.05) is 12.1 Å². The summed E-state index contributed by atoms with van der Waals surface area (Å²) >= 11 is 6.38. The Hall–Kier alpha value is -1.10. The smallest absolute Gasteiger partial charge is 0.314 e. The molecule has 3 rings (SSSR count). The van der Waals surface area contributed by atoms with Crippen LogP contribution in [0, 0.1) is 5.92 Å². The summed E-state index contributed by atoms with van der Waals surface area (Å²) in [7, 11) is 2.15. The molecule has 0 spiro atoms. The fourth-order valence-corrected chi connectivity index (χ4v) is 4.16. The minimum atomic E-state index is -0.123. The van der Waals surface area contributed by atoms with Gasteiger partial charge in [0, 0.05) is 17.6 Å². The number of hydrogen-bond acceptors (Lipinski definition) is 4. The molecular weight excluding hydrogens is 336 g/mol. The first kappa shape index (κ1) is 18.7. The number of para-hydroxylation sites is 1. The van der Waals surface area contributed by atoms with Gasteiger partial charge in [-0.1, -0.05) is 36.6 Å². The van der Waals surface area contributed by atoms with Gasteiger partial charge in [0.05, 0.1) is 10.9 Å². The molecule has 0 radical (unpaired) electrons. The number of ether oxygens (including phenoxy) is 1. The molecule has 1 saturated carbocycles. The van der Waals surface area contributed by atoms with E-state index in [0.717, 1.165) is 63.7 Å². The number of nitrogens with one attached hydrogen (secondary N) is 1. The Labute approximate surface area is 155 Å². The van der Waals surface area contributed by atoms with Crippen LogP contribution in [-0.4, -0.2) is 36.5 Å². The van der Waals surface area contributed by atoms with E-state index in [9.17, 15) is 4.79 Å². The van der Waals surface area contributed by atoms with Crippen LogP contribution >= 0.6 is 11.6 Å². The highest BCUT2D eigenvalue weighted by atomic mass is 35.5. The van der Waals surface area contributed by atoms with E-state index in [4.69, 9.17) is 16.3 Å². The van der Waals surface area contributed by atoms with Gasteiger partial charge < -0.3 is 10.1 Å². The zero-order valence-electron chi connectivity index (χ0n) is 15.3. The first-order valence-corrected chi connectivity index (χ1v) is 9.78. The summed E-state index contributed by atoms with van der Waals surface area (Å²) in [5, 5.41) is 3.94. The van der Waals surface area contributed by atoms with Crippen molar-refractivity contribution in [2.24, 2.45) is 5.92 Å². The van der Waals surface area contributed by atoms with Gasteiger partial charge in [-0.3, -0.25) is 9.69 Å². The Bertz CT molecular complexity index is 608. The summed E-state index contributed by atoms with van der Waals surface area (Å²) in [6, 6.07) is 5.75. The molecule has 1 N–H and O–H groups in total. The van der Waals surface area contributed by atoms with Crippen LogP contribution in [0.5, 0.6) is 5.75 Å². The maximum absolute atomic E-state index is 12.5. The van der Waals surface area contributed by atoms with Crippen molar-refractivity contribution in [1.29, 1.82) is 0 Å². The number of carbonyl (C=O) groups excluding carboxylic acids is 1. The summed E-state index contributed by atoms with van der Waals surface area (Å²) < 4.78 is 5.77. The van der Waals surface area contributed by atoms with Crippen LogP contribution in [0.4, 0.5) is 0 Å². The lowest BCUT2D eigenvalue weighted by atomic mass is 9.88. The van der Waals surface area contributed by atoms with Crippen LogP contribution < -0.4 is 10.1 Å². The van der Waals surface area contributed by atoms with Crippen molar-refractivity contribution in [2.75, 3.05) is 20.1 Å². The largest absolute Gasteiger partial charge is 0.424 e. The molecular formula is C20H29ClN2O2. The number of piperidine rings is 1. The van der Waals surface area contributed by atoms with Crippen molar-refractivity contribution in [3.8, 4) is 5.75 Å². The number of benzene rings is 1. The fraction of sp³-hybridized carbons (Fsp3) is 0.650. The molecule has 2 fully saturated rings. The van der Waals surface area contributed by atoms with Crippen molar-refractivity contribution in [1.82, 2.24) is 10.2 Å². The van der Waals surface area contributed by atoms with Crippen LogP contribution in [0.15, 0.2) is 18.2 Å². The summed E-state index contributed by atoms with van der Waals surface area (Å²) in [6.45, 7) is 5.12. The molecule has 0 bridgehead atoms. The predicted octanol–water partition coefficient (Wildman–Crippen LogP) is 4.01. The SMILES string of the molecule is CN(Cc1cccc(Cl)c1OC(=O)C1CCCC1)C1(C)CCNCC1. The second-order valence-electron chi connectivity index (χ2n) is 7.73. The highest BCUT2D eigenvalue weighted by Gasteiger charge is 2.32. The summed E-state index contributed by atoms with van der Waals surface area (Å²) in [5.41, 5.74) is 1.14. The van der Waals surface area contributed by atoms with Gasteiger partial charge in [0.2, 0.25) is 0 Å². The Kier molecular flexibility index (Phi) is 6.03. The third kappa shape index (κ3) is 4.36. The van der Waals surface area contributed by atoms with Gasteiger partial charge >= 0.3 is 5.97 Å². The molecule has 1 aliphatic heterocycles. The van der Waals surface area contributed by atoms with Gasteiger partial charge in [-0.25, -0.2) is 0 Å². The van der Waals surface area contributed by atoms with E-state index < -0.39 is 0 Å². The predicted molar refractivity (Wildman–Crippen MR) is 101 cm³/mol. The lowest BCUT2D eigenvalue weighted by Crippen LogP contribution is -2.50. The van der Waals surface area contributed by atoms with Crippen molar-refractivity contribution < 1.29 is 9.53 Å². The molecule has 0 atom stereocenters. The molecule has 2 aliphatic rings. The fourth-order valence-electron chi connectivity index (χ4n) is 3.93. The highest BCUT2D eigenvalue weighted by Crippen LogP contribution is 2.34. The van der Waals surface area contributed by atoms with Gasteiger partial charge in [-0.15, -0.1) is 0 Å². The molecule has 0 unspecified atom stereocenters. The number of carbonyl (C=O) groups is 1.